The minimum absolute atomic E-state index is 0.269. The fraction of sp³-hybridized carbons (Fsp3) is 0.0333. The van der Waals surface area contributed by atoms with Gasteiger partial charge < -0.3 is 9.72 Å². The highest BCUT2D eigenvalue weighted by molar-refractivity contribution is 9.11. The largest absolute Gasteiger partial charge is 0.421 e. The zero-order valence-electron chi connectivity index (χ0n) is 20.5. The Morgan fingerprint density at radius 3 is 2.54 bits per heavy atom. The number of carbonyl (C=O) groups excluding carboxylic acids is 2. The number of halogens is 3. The van der Waals surface area contributed by atoms with Crippen molar-refractivity contribution in [2.24, 2.45) is 5.10 Å². The van der Waals surface area contributed by atoms with Crippen molar-refractivity contribution in [1.29, 1.82) is 0 Å². The summed E-state index contributed by atoms with van der Waals surface area (Å²) in [5.74, 6) is -0.697. The third-order valence-electron chi connectivity index (χ3n) is 5.93. The molecule has 194 valence electrons. The number of H-pyrrole nitrogens is 1. The van der Waals surface area contributed by atoms with Gasteiger partial charge in [0.05, 0.1) is 16.3 Å². The number of carbonyl (C=O) groups is 2. The maximum Gasteiger partial charge on any atom is 0.343 e. The van der Waals surface area contributed by atoms with E-state index in [0.717, 1.165) is 26.5 Å². The molecule has 0 saturated heterocycles. The predicted octanol–water partition coefficient (Wildman–Crippen LogP) is 8.30. The molecule has 0 aliphatic heterocycles. The first-order chi connectivity index (χ1) is 18.8. The van der Waals surface area contributed by atoms with Gasteiger partial charge in [-0.15, -0.1) is 0 Å². The summed E-state index contributed by atoms with van der Waals surface area (Å²) in [6.45, 7) is 1.90. The Hall–Kier alpha value is -3.72. The van der Waals surface area contributed by atoms with E-state index in [2.05, 4.69) is 47.4 Å². The van der Waals surface area contributed by atoms with E-state index in [0.29, 0.717) is 31.9 Å². The first-order valence-corrected chi connectivity index (χ1v) is 13.7. The van der Waals surface area contributed by atoms with Gasteiger partial charge in [0, 0.05) is 37.1 Å². The maximum atomic E-state index is 13.3. The lowest BCUT2D eigenvalue weighted by atomic mass is 10.0. The van der Waals surface area contributed by atoms with Crippen LogP contribution in [0.4, 0.5) is 0 Å². The molecule has 6 nitrogen and oxygen atoms in total. The van der Waals surface area contributed by atoms with Gasteiger partial charge in [-0.05, 0) is 59.3 Å². The van der Waals surface area contributed by atoms with Crippen LogP contribution in [0.2, 0.25) is 5.02 Å². The van der Waals surface area contributed by atoms with Crippen molar-refractivity contribution in [1.82, 2.24) is 10.4 Å². The van der Waals surface area contributed by atoms with E-state index >= 15 is 0 Å². The Balaban J connectivity index is 1.44. The molecule has 0 aliphatic rings. The van der Waals surface area contributed by atoms with Crippen molar-refractivity contribution in [2.45, 2.75) is 6.92 Å². The van der Waals surface area contributed by atoms with Gasteiger partial charge in [0.25, 0.3) is 5.91 Å². The molecule has 0 fully saturated rings. The van der Waals surface area contributed by atoms with Crippen LogP contribution in [-0.2, 0) is 0 Å². The number of fused-ring (bicyclic) bond motifs is 1. The molecule has 0 unspecified atom stereocenters. The third kappa shape index (κ3) is 5.83. The molecule has 2 N–H and O–H groups in total. The number of para-hydroxylation sites is 1. The van der Waals surface area contributed by atoms with Gasteiger partial charge in [0.2, 0.25) is 0 Å². The molecule has 39 heavy (non-hydrogen) atoms. The van der Waals surface area contributed by atoms with Gasteiger partial charge in [-0.25, -0.2) is 10.2 Å². The quantitative estimate of drug-likeness (QED) is 0.0829. The van der Waals surface area contributed by atoms with Crippen molar-refractivity contribution < 1.29 is 14.3 Å². The summed E-state index contributed by atoms with van der Waals surface area (Å²) in [5.41, 5.74) is 6.95. The zero-order chi connectivity index (χ0) is 27.5. The normalized spacial score (nSPS) is 11.2. The zero-order valence-corrected chi connectivity index (χ0v) is 24.4. The topological polar surface area (TPSA) is 83.5 Å². The number of esters is 1. The van der Waals surface area contributed by atoms with Crippen molar-refractivity contribution in [3.8, 4) is 16.9 Å². The highest BCUT2D eigenvalue weighted by atomic mass is 79.9. The first-order valence-electron chi connectivity index (χ1n) is 11.8. The van der Waals surface area contributed by atoms with Crippen LogP contribution in [0.15, 0.2) is 99.0 Å². The van der Waals surface area contributed by atoms with Crippen LogP contribution in [0.5, 0.6) is 5.75 Å². The van der Waals surface area contributed by atoms with Gasteiger partial charge in [-0.1, -0.05) is 81.6 Å². The number of hydrogen-bond acceptors (Lipinski definition) is 4. The van der Waals surface area contributed by atoms with Gasteiger partial charge in [-0.3, -0.25) is 4.79 Å². The molecule has 0 saturated carbocycles. The van der Waals surface area contributed by atoms with Gasteiger partial charge in [0.15, 0.2) is 5.75 Å². The molecule has 1 amide bonds. The first kappa shape index (κ1) is 26.9. The maximum absolute atomic E-state index is 13.3. The number of rotatable bonds is 6. The number of aromatic nitrogens is 1. The second-order valence-electron chi connectivity index (χ2n) is 8.66. The predicted molar refractivity (Wildman–Crippen MR) is 162 cm³/mol. The molecule has 0 radical (unpaired) electrons. The third-order valence-corrected chi connectivity index (χ3v) is 7.31. The van der Waals surface area contributed by atoms with E-state index in [4.69, 9.17) is 16.3 Å². The fourth-order valence-corrected chi connectivity index (χ4v) is 5.75. The summed E-state index contributed by atoms with van der Waals surface area (Å²) in [7, 11) is 0. The summed E-state index contributed by atoms with van der Waals surface area (Å²) in [5, 5.41) is 5.56. The smallest absolute Gasteiger partial charge is 0.343 e. The van der Waals surface area contributed by atoms with Crippen molar-refractivity contribution in [2.75, 3.05) is 0 Å². The van der Waals surface area contributed by atoms with Gasteiger partial charge in [-0.2, -0.15) is 5.10 Å². The van der Waals surface area contributed by atoms with Gasteiger partial charge >= 0.3 is 5.97 Å². The SMILES string of the molecule is Cc1cccc(C(=O)Oc2c(Br)cc(Br)cc2C=NNC(=O)c2[nH]c3ccccc3c2-c2ccccc2Cl)c1. The van der Waals surface area contributed by atoms with E-state index in [1.807, 2.05) is 55.5 Å². The van der Waals surface area contributed by atoms with Gasteiger partial charge in [0.1, 0.15) is 5.69 Å². The number of amides is 1. The minimum Gasteiger partial charge on any atom is -0.421 e. The van der Waals surface area contributed by atoms with E-state index in [-0.39, 0.29) is 5.75 Å². The second kappa shape index (κ2) is 11.6. The molecular weight excluding hydrogens is 646 g/mol. The Morgan fingerprint density at radius 2 is 1.74 bits per heavy atom. The number of nitrogens with one attached hydrogen (secondary N) is 2. The minimum atomic E-state index is -0.511. The molecular formula is C30H20Br2ClN3O3. The number of aromatic amines is 1. The molecule has 0 bridgehead atoms. The molecule has 1 aromatic heterocycles. The standard InChI is InChI=1S/C30H20Br2ClN3O3/c1-17-7-6-8-18(13-17)30(38)39-28-19(14-20(31)15-23(28)32)16-34-36-29(37)27-26(21-9-2-4-11-24(21)33)22-10-3-5-12-25(22)35-27/h2-16,35H,1H3,(H,36,37). The molecule has 1 heterocycles. The summed E-state index contributed by atoms with van der Waals surface area (Å²) in [6.07, 6.45) is 1.42. The average Bonchev–Trinajstić information content (AvgIpc) is 3.30. The van der Waals surface area contributed by atoms with Crippen LogP contribution in [0.25, 0.3) is 22.0 Å². The number of nitrogens with zero attached hydrogens (tertiary/aromatic N) is 1. The van der Waals surface area contributed by atoms with Crippen LogP contribution >= 0.6 is 43.5 Å². The monoisotopic (exact) mass is 663 g/mol. The van der Waals surface area contributed by atoms with Crippen LogP contribution in [0.1, 0.15) is 32.0 Å². The van der Waals surface area contributed by atoms with E-state index in [9.17, 15) is 9.59 Å². The summed E-state index contributed by atoms with van der Waals surface area (Å²) < 4.78 is 6.99. The van der Waals surface area contributed by atoms with E-state index in [1.54, 1.807) is 36.4 Å². The molecule has 9 heteroatoms. The van der Waals surface area contributed by atoms with Crippen molar-refractivity contribution in [3.63, 3.8) is 0 Å². The Bertz CT molecular complexity index is 1760. The Morgan fingerprint density at radius 1 is 0.974 bits per heavy atom. The number of hydrogen-bond donors (Lipinski definition) is 2. The number of aryl methyl sites for hydroxylation is 1. The molecule has 0 aliphatic carbocycles. The summed E-state index contributed by atoms with van der Waals surface area (Å²) >= 11 is 13.4. The number of ether oxygens (including phenoxy) is 1. The van der Waals surface area contributed by atoms with Crippen LogP contribution in [0.3, 0.4) is 0 Å². The number of benzene rings is 4. The van der Waals surface area contributed by atoms with Crippen molar-refractivity contribution >= 4 is 72.5 Å². The average molecular weight is 666 g/mol. The van der Waals surface area contributed by atoms with Crippen LogP contribution in [-0.4, -0.2) is 23.1 Å². The molecule has 5 rings (SSSR count). The van der Waals surface area contributed by atoms with E-state index < -0.39 is 11.9 Å². The summed E-state index contributed by atoms with van der Waals surface area (Å²) in [6, 6.07) is 25.6. The summed E-state index contributed by atoms with van der Waals surface area (Å²) in [4.78, 5) is 29.3. The van der Waals surface area contributed by atoms with E-state index in [1.165, 1.54) is 6.21 Å². The lowest BCUT2D eigenvalue weighted by molar-refractivity contribution is 0.0732. The highest BCUT2D eigenvalue weighted by Gasteiger charge is 2.21. The molecule has 5 aromatic rings. The molecule has 0 atom stereocenters. The van der Waals surface area contributed by atoms with Crippen molar-refractivity contribution in [3.05, 3.63) is 121 Å². The second-order valence-corrected chi connectivity index (χ2v) is 10.8. The van der Waals surface area contributed by atoms with Crippen LogP contribution in [0, 0.1) is 6.92 Å². The fourth-order valence-electron chi connectivity index (χ4n) is 4.18. The number of hydrazone groups is 1. The highest BCUT2D eigenvalue weighted by Crippen LogP contribution is 2.37. The lowest BCUT2D eigenvalue weighted by Gasteiger charge is -2.11. The molecule has 4 aromatic carbocycles. The lowest BCUT2D eigenvalue weighted by Crippen LogP contribution is -2.19. The Kier molecular flexibility index (Phi) is 7.97. The Labute approximate surface area is 246 Å². The molecule has 0 spiro atoms. The van der Waals surface area contributed by atoms with Crippen LogP contribution < -0.4 is 10.2 Å².